The zero-order valence-corrected chi connectivity index (χ0v) is 17.2. The maximum atomic E-state index is 4.10. The number of halogens is 2. The Balaban J connectivity index is 1.42. The van der Waals surface area contributed by atoms with Crippen LogP contribution in [-0.4, -0.2) is 3.23 Å². The zero-order chi connectivity index (χ0) is 15.3. The average molecular weight is 432 g/mol. The standard InChI is InChI=1S/C20H32Br2/c21-20(22)17-15-18-11-9-7-5-3-1-2-4-6-8-10-12-19(17,20)14-16(18)13-18/h16-17H,1-15H2/t16-,17+,18+,19-/m1/s1. The minimum Gasteiger partial charge on any atom is -0.0718 e. The molecule has 126 valence electrons. The molecule has 0 aliphatic heterocycles. The summed E-state index contributed by atoms with van der Waals surface area (Å²) in [5, 5.41) is 0. The van der Waals surface area contributed by atoms with Crippen LogP contribution >= 0.6 is 31.9 Å². The molecule has 0 amide bonds. The highest BCUT2D eigenvalue weighted by atomic mass is 79.9. The summed E-state index contributed by atoms with van der Waals surface area (Å²) >= 11 is 8.20. The topological polar surface area (TPSA) is 0 Å². The van der Waals surface area contributed by atoms with Gasteiger partial charge in [0.25, 0.3) is 0 Å². The molecule has 0 aromatic rings. The van der Waals surface area contributed by atoms with Crippen molar-refractivity contribution >= 4 is 31.9 Å². The molecule has 2 bridgehead atoms. The van der Waals surface area contributed by atoms with Crippen LogP contribution < -0.4 is 0 Å². The van der Waals surface area contributed by atoms with Gasteiger partial charge in [0, 0.05) is 5.41 Å². The highest BCUT2D eigenvalue weighted by Crippen LogP contribution is 2.86. The van der Waals surface area contributed by atoms with Gasteiger partial charge in [-0.05, 0) is 49.4 Å². The van der Waals surface area contributed by atoms with Crippen LogP contribution in [0, 0.1) is 22.7 Å². The van der Waals surface area contributed by atoms with Crippen LogP contribution in [0.5, 0.6) is 0 Å². The third-order valence-corrected chi connectivity index (χ3v) is 10.5. The first kappa shape index (κ1) is 16.4. The Morgan fingerprint density at radius 2 is 1.14 bits per heavy atom. The Hall–Kier alpha value is 0.960. The Labute approximate surface area is 153 Å². The van der Waals surface area contributed by atoms with Gasteiger partial charge in [0.05, 0.1) is 3.23 Å². The Kier molecular flexibility index (Phi) is 4.51. The summed E-state index contributed by atoms with van der Waals surface area (Å²) in [6.07, 6.45) is 22.5. The first-order valence-electron chi connectivity index (χ1n) is 9.99. The highest BCUT2D eigenvalue weighted by Gasteiger charge is 2.80. The van der Waals surface area contributed by atoms with E-state index >= 15 is 0 Å². The van der Waals surface area contributed by atoms with Crippen molar-refractivity contribution in [1.82, 2.24) is 0 Å². The molecular weight excluding hydrogens is 400 g/mol. The third kappa shape index (κ3) is 2.67. The van der Waals surface area contributed by atoms with Gasteiger partial charge >= 0.3 is 0 Å². The van der Waals surface area contributed by atoms with Gasteiger partial charge in [-0.25, -0.2) is 0 Å². The summed E-state index contributed by atoms with van der Waals surface area (Å²) in [7, 11) is 0. The molecule has 0 heterocycles. The average Bonchev–Trinajstić information content (AvgIpc) is 3.30. The van der Waals surface area contributed by atoms with Crippen LogP contribution in [0.25, 0.3) is 0 Å². The summed E-state index contributed by atoms with van der Waals surface area (Å²) in [6, 6.07) is 0. The van der Waals surface area contributed by atoms with Gasteiger partial charge in [0.2, 0.25) is 0 Å². The van der Waals surface area contributed by atoms with E-state index in [1.807, 2.05) is 0 Å². The van der Waals surface area contributed by atoms with E-state index in [2.05, 4.69) is 31.9 Å². The van der Waals surface area contributed by atoms with Crippen molar-refractivity contribution in [1.29, 1.82) is 0 Å². The molecule has 0 unspecified atom stereocenters. The molecule has 5 aliphatic carbocycles. The van der Waals surface area contributed by atoms with E-state index in [9.17, 15) is 0 Å². The summed E-state index contributed by atoms with van der Waals surface area (Å²) in [4.78, 5) is 0. The van der Waals surface area contributed by atoms with Gasteiger partial charge in [-0.3, -0.25) is 0 Å². The molecule has 0 aromatic heterocycles. The van der Waals surface area contributed by atoms with E-state index in [0.29, 0.717) is 8.65 Å². The maximum Gasteiger partial charge on any atom is 0.0899 e. The molecule has 0 radical (unpaired) electrons. The molecular formula is C20H32Br2. The van der Waals surface area contributed by atoms with Crippen molar-refractivity contribution in [2.75, 3.05) is 0 Å². The van der Waals surface area contributed by atoms with Crippen LogP contribution in [0.4, 0.5) is 0 Å². The quantitative estimate of drug-likeness (QED) is 0.346. The smallest absolute Gasteiger partial charge is 0.0718 e. The van der Waals surface area contributed by atoms with Gasteiger partial charge < -0.3 is 0 Å². The van der Waals surface area contributed by atoms with Crippen LogP contribution in [-0.2, 0) is 0 Å². The first-order valence-corrected chi connectivity index (χ1v) is 11.6. The normalized spacial score (nSPS) is 48.3. The maximum absolute atomic E-state index is 4.10. The van der Waals surface area contributed by atoms with E-state index in [1.54, 1.807) is 12.8 Å². The van der Waals surface area contributed by atoms with Gasteiger partial charge in [-0.1, -0.05) is 96.1 Å². The van der Waals surface area contributed by atoms with Gasteiger partial charge in [0.1, 0.15) is 0 Å². The molecule has 0 N–H and O–H groups in total. The molecule has 0 saturated heterocycles. The lowest BCUT2D eigenvalue weighted by molar-refractivity contribution is 0.220. The second-order valence-corrected chi connectivity index (χ2v) is 12.6. The van der Waals surface area contributed by atoms with Crippen LogP contribution in [0.1, 0.15) is 96.3 Å². The van der Waals surface area contributed by atoms with E-state index in [4.69, 9.17) is 0 Å². The molecule has 2 spiro atoms. The number of hydrogen-bond donors (Lipinski definition) is 0. The molecule has 2 heteroatoms. The third-order valence-electron chi connectivity index (χ3n) is 7.81. The lowest BCUT2D eigenvalue weighted by Gasteiger charge is -2.28. The van der Waals surface area contributed by atoms with Crippen molar-refractivity contribution in [3.05, 3.63) is 0 Å². The van der Waals surface area contributed by atoms with Crippen molar-refractivity contribution in [2.24, 2.45) is 22.7 Å². The monoisotopic (exact) mass is 430 g/mol. The van der Waals surface area contributed by atoms with Crippen molar-refractivity contribution in [2.45, 2.75) is 99.5 Å². The molecule has 5 rings (SSSR count). The molecule has 5 aliphatic rings. The van der Waals surface area contributed by atoms with E-state index < -0.39 is 0 Å². The van der Waals surface area contributed by atoms with E-state index in [0.717, 1.165) is 17.3 Å². The van der Waals surface area contributed by atoms with Crippen LogP contribution in [0.3, 0.4) is 0 Å². The fourth-order valence-electron chi connectivity index (χ4n) is 6.19. The molecule has 0 aromatic carbocycles. The first-order chi connectivity index (χ1) is 10.6. The predicted octanol–water partition coefficient (Wildman–Crippen LogP) is 7.58. The lowest BCUT2D eigenvalue weighted by Crippen LogP contribution is -2.19. The Morgan fingerprint density at radius 3 is 1.77 bits per heavy atom. The van der Waals surface area contributed by atoms with Crippen LogP contribution in [0.15, 0.2) is 0 Å². The molecule has 0 nitrogen and oxygen atoms in total. The molecule has 5 saturated carbocycles. The van der Waals surface area contributed by atoms with E-state index in [1.165, 1.54) is 83.5 Å². The number of rotatable bonds is 0. The van der Waals surface area contributed by atoms with Crippen molar-refractivity contribution in [3.63, 3.8) is 0 Å². The van der Waals surface area contributed by atoms with Crippen molar-refractivity contribution in [3.8, 4) is 0 Å². The SMILES string of the molecule is BrC1(Br)[C@H]2C[C@@]34CCCCCCCCCCCC[C@@]21C[C@H]3C4. The van der Waals surface area contributed by atoms with Crippen molar-refractivity contribution < 1.29 is 0 Å². The molecule has 5 fully saturated rings. The van der Waals surface area contributed by atoms with Gasteiger partial charge in [0.15, 0.2) is 0 Å². The summed E-state index contributed by atoms with van der Waals surface area (Å²) in [6.45, 7) is 0. The number of fused-ring (bicyclic) bond motifs is 11. The Morgan fingerprint density at radius 1 is 0.591 bits per heavy atom. The summed E-state index contributed by atoms with van der Waals surface area (Å²) in [5.41, 5.74) is 1.41. The lowest BCUT2D eigenvalue weighted by atomic mass is 9.77. The summed E-state index contributed by atoms with van der Waals surface area (Å²) < 4.78 is 0.307. The fraction of sp³-hybridized carbons (Fsp3) is 1.00. The fourth-order valence-corrected chi connectivity index (χ4v) is 8.44. The van der Waals surface area contributed by atoms with Crippen LogP contribution in [0.2, 0.25) is 0 Å². The molecule has 4 atom stereocenters. The van der Waals surface area contributed by atoms with Gasteiger partial charge in [-0.2, -0.15) is 0 Å². The minimum absolute atomic E-state index is 0.307. The number of alkyl halides is 2. The largest absolute Gasteiger partial charge is 0.0899 e. The van der Waals surface area contributed by atoms with Gasteiger partial charge in [-0.15, -0.1) is 0 Å². The second-order valence-electron chi connectivity index (χ2n) is 9.04. The predicted molar refractivity (Wildman–Crippen MR) is 102 cm³/mol. The Bertz CT molecular complexity index is 418. The van der Waals surface area contributed by atoms with E-state index in [-0.39, 0.29) is 0 Å². The zero-order valence-electron chi connectivity index (χ0n) is 14.0. The highest BCUT2D eigenvalue weighted by molar-refractivity contribution is 9.25. The minimum atomic E-state index is 0.307. The summed E-state index contributed by atoms with van der Waals surface area (Å²) in [5.74, 6) is 2.00. The second kappa shape index (κ2) is 6.04. The molecule has 22 heavy (non-hydrogen) atoms. The number of hydrogen-bond acceptors (Lipinski definition) is 0.